The quantitative estimate of drug-likeness (QED) is 0.586. The van der Waals surface area contributed by atoms with Gasteiger partial charge < -0.3 is 5.73 Å². The maximum atomic E-state index is 5.94. The highest BCUT2D eigenvalue weighted by Gasteiger charge is 1.98. The lowest BCUT2D eigenvalue weighted by atomic mass is 10.1. The van der Waals surface area contributed by atoms with Crippen LogP contribution in [0, 0.1) is 0 Å². The molecule has 14 heavy (non-hydrogen) atoms. The molecule has 0 aliphatic carbocycles. The Kier molecular flexibility index (Phi) is 10.2. The van der Waals surface area contributed by atoms with Crippen molar-refractivity contribution < 1.29 is 0 Å². The molecule has 1 heteroatoms. The second-order valence-electron chi connectivity index (χ2n) is 3.84. The largest absolute Gasteiger partial charge is 0.328 e. The Morgan fingerprint density at radius 1 is 1.07 bits per heavy atom. The number of rotatable bonds is 8. The fourth-order valence-electron chi connectivity index (χ4n) is 1.30. The van der Waals surface area contributed by atoms with E-state index in [1.54, 1.807) is 0 Å². The lowest BCUT2D eigenvalue weighted by Crippen LogP contribution is -2.18. The summed E-state index contributed by atoms with van der Waals surface area (Å²) in [6, 6.07) is 0.388. The van der Waals surface area contributed by atoms with Crippen LogP contribution in [0.25, 0.3) is 0 Å². The van der Waals surface area contributed by atoms with Crippen LogP contribution in [-0.2, 0) is 0 Å². The van der Waals surface area contributed by atoms with Crippen molar-refractivity contribution in [2.45, 2.75) is 64.8 Å². The third-order valence-electron chi connectivity index (χ3n) is 2.28. The molecule has 0 heterocycles. The van der Waals surface area contributed by atoms with E-state index in [9.17, 15) is 0 Å². The number of hydrogen-bond acceptors (Lipinski definition) is 1. The van der Waals surface area contributed by atoms with Crippen molar-refractivity contribution in [1.29, 1.82) is 0 Å². The van der Waals surface area contributed by atoms with Crippen LogP contribution in [0.5, 0.6) is 0 Å². The normalized spacial score (nSPS) is 11.9. The molecule has 2 N–H and O–H groups in total. The predicted octanol–water partition coefficient (Wildman–Crippen LogP) is 3.80. The summed E-state index contributed by atoms with van der Waals surface area (Å²) in [7, 11) is 0. The molecule has 0 fully saturated rings. The monoisotopic (exact) mass is 195 g/mol. The Morgan fingerprint density at radius 2 is 1.79 bits per heavy atom. The molecule has 0 rings (SSSR count). The van der Waals surface area contributed by atoms with Crippen molar-refractivity contribution in [3.63, 3.8) is 0 Å². The summed E-state index contributed by atoms with van der Waals surface area (Å²) < 4.78 is 0. The summed E-state index contributed by atoms with van der Waals surface area (Å²) in [5.74, 6) is 0. The molecule has 0 aromatic heterocycles. The third kappa shape index (κ3) is 9.57. The SMILES string of the molecule is CCCC=C=CCC[C@@H](N)CCCC. The summed E-state index contributed by atoms with van der Waals surface area (Å²) in [6.45, 7) is 4.39. The van der Waals surface area contributed by atoms with Crippen LogP contribution in [0.3, 0.4) is 0 Å². The molecule has 0 saturated heterocycles. The van der Waals surface area contributed by atoms with Crippen LogP contribution >= 0.6 is 0 Å². The van der Waals surface area contributed by atoms with Crippen molar-refractivity contribution in [2.24, 2.45) is 5.73 Å². The van der Waals surface area contributed by atoms with Gasteiger partial charge in [0.25, 0.3) is 0 Å². The maximum absolute atomic E-state index is 5.94. The van der Waals surface area contributed by atoms with E-state index in [1.807, 2.05) is 0 Å². The minimum Gasteiger partial charge on any atom is -0.328 e. The van der Waals surface area contributed by atoms with Crippen LogP contribution < -0.4 is 5.73 Å². The highest BCUT2D eigenvalue weighted by atomic mass is 14.6. The van der Waals surface area contributed by atoms with Crippen LogP contribution in [-0.4, -0.2) is 6.04 Å². The minimum absolute atomic E-state index is 0.388. The van der Waals surface area contributed by atoms with E-state index in [2.05, 4.69) is 31.7 Å². The van der Waals surface area contributed by atoms with Crippen molar-refractivity contribution >= 4 is 0 Å². The first-order valence-corrected chi connectivity index (χ1v) is 5.96. The van der Waals surface area contributed by atoms with Gasteiger partial charge in [0.1, 0.15) is 0 Å². The van der Waals surface area contributed by atoms with E-state index < -0.39 is 0 Å². The zero-order valence-electron chi connectivity index (χ0n) is 9.76. The van der Waals surface area contributed by atoms with E-state index in [4.69, 9.17) is 5.73 Å². The smallest absolute Gasteiger partial charge is 0.00419 e. The van der Waals surface area contributed by atoms with Crippen molar-refractivity contribution in [1.82, 2.24) is 0 Å². The highest BCUT2D eigenvalue weighted by molar-refractivity contribution is 4.85. The van der Waals surface area contributed by atoms with Crippen LogP contribution in [0.4, 0.5) is 0 Å². The van der Waals surface area contributed by atoms with Gasteiger partial charge in [-0.25, -0.2) is 0 Å². The van der Waals surface area contributed by atoms with Crippen LogP contribution in [0.1, 0.15) is 58.8 Å². The first kappa shape index (κ1) is 13.5. The summed E-state index contributed by atoms with van der Waals surface area (Å²) in [4.78, 5) is 0. The lowest BCUT2D eigenvalue weighted by Gasteiger charge is -2.07. The molecule has 0 bridgehead atoms. The molecule has 0 aliphatic heterocycles. The summed E-state index contributed by atoms with van der Waals surface area (Å²) >= 11 is 0. The summed E-state index contributed by atoms with van der Waals surface area (Å²) in [6.07, 6.45) is 12.4. The number of unbranched alkanes of at least 4 members (excludes halogenated alkanes) is 2. The number of allylic oxidation sites excluding steroid dienone is 1. The van der Waals surface area contributed by atoms with Crippen LogP contribution in [0.15, 0.2) is 17.9 Å². The van der Waals surface area contributed by atoms with Gasteiger partial charge in [-0.3, -0.25) is 0 Å². The molecular weight excluding hydrogens is 170 g/mol. The zero-order valence-corrected chi connectivity index (χ0v) is 9.76. The summed E-state index contributed by atoms with van der Waals surface area (Å²) in [5, 5.41) is 0. The van der Waals surface area contributed by atoms with E-state index in [1.165, 1.54) is 25.7 Å². The van der Waals surface area contributed by atoms with Crippen molar-refractivity contribution in [3.8, 4) is 0 Å². The van der Waals surface area contributed by atoms with Crippen molar-refractivity contribution in [2.75, 3.05) is 0 Å². The first-order valence-electron chi connectivity index (χ1n) is 5.96. The van der Waals surface area contributed by atoms with Crippen molar-refractivity contribution in [3.05, 3.63) is 17.9 Å². The number of hydrogen-bond donors (Lipinski definition) is 1. The van der Waals surface area contributed by atoms with Gasteiger partial charge >= 0.3 is 0 Å². The Hall–Kier alpha value is -0.520. The fraction of sp³-hybridized carbons (Fsp3) is 0.769. The van der Waals surface area contributed by atoms with Gasteiger partial charge in [-0.2, -0.15) is 0 Å². The van der Waals surface area contributed by atoms with Gasteiger partial charge in [0.05, 0.1) is 0 Å². The van der Waals surface area contributed by atoms with E-state index in [-0.39, 0.29) is 0 Å². The molecule has 0 saturated carbocycles. The summed E-state index contributed by atoms with van der Waals surface area (Å²) in [5.41, 5.74) is 9.13. The van der Waals surface area contributed by atoms with E-state index in [0.29, 0.717) is 6.04 Å². The first-order chi connectivity index (χ1) is 6.81. The van der Waals surface area contributed by atoms with Gasteiger partial charge in [0, 0.05) is 6.04 Å². The maximum Gasteiger partial charge on any atom is 0.00419 e. The standard InChI is InChI=1S/C13H25N/c1-3-5-7-8-9-10-12-13(14)11-6-4-2/h7,9,13H,3-6,10-12,14H2,1-2H3/t8?,13-/m0/s1. The van der Waals surface area contributed by atoms with Gasteiger partial charge in [-0.15, -0.1) is 5.73 Å². The van der Waals surface area contributed by atoms with Gasteiger partial charge in [-0.1, -0.05) is 33.1 Å². The Balaban J connectivity index is 3.38. The van der Waals surface area contributed by atoms with Gasteiger partial charge in [0.2, 0.25) is 0 Å². The minimum atomic E-state index is 0.388. The van der Waals surface area contributed by atoms with E-state index >= 15 is 0 Å². The molecule has 1 nitrogen and oxygen atoms in total. The third-order valence-corrected chi connectivity index (χ3v) is 2.28. The Morgan fingerprint density at radius 3 is 2.43 bits per heavy atom. The molecule has 0 radical (unpaired) electrons. The molecule has 0 spiro atoms. The Labute approximate surface area is 89.1 Å². The van der Waals surface area contributed by atoms with Gasteiger partial charge in [-0.05, 0) is 37.8 Å². The molecular formula is C13H25N. The molecule has 0 aromatic rings. The Bertz CT molecular complexity index is 166. The molecule has 0 amide bonds. The van der Waals surface area contributed by atoms with Crippen LogP contribution in [0.2, 0.25) is 0 Å². The molecule has 82 valence electrons. The van der Waals surface area contributed by atoms with E-state index in [0.717, 1.165) is 19.3 Å². The average molecular weight is 195 g/mol. The fourth-order valence-corrected chi connectivity index (χ4v) is 1.30. The topological polar surface area (TPSA) is 26.0 Å². The average Bonchev–Trinajstić information content (AvgIpc) is 2.20. The predicted molar refractivity (Wildman–Crippen MR) is 64.3 cm³/mol. The molecule has 1 atom stereocenters. The molecule has 0 aliphatic rings. The second-order valence-corrected chi connectivity index (χ2v) is 3.84. The second kappa shape index (κ2) is 10.6. The zero-order chi connectivity index (χ0) is 10.6. The molecule has 0 aromatic carbocycles. The molecule has 0 unspecified atom stereocenters. The highest BCUT2D eigenvalue weighted by Crippen LogP contribution is 2.04. The lowest BCUT2D eigenvalue weighted by molar-refractivity contribution is 0.545. The number of nitrogens with two attached hydrogens (primary N) is 1. The van der Waals surface area contributed by atoms with Gasteiger partial charge in [0.15, 0.2) is 0 Å².